The summed E-state index contributed by atoms with van der Waals surface area (Å²) in [5.41, 5.74) is 0. The van der Waals surface area contributed by atoms with Crippen LogP contribution in [0.15, 0.2) is 21.6 Å². The van der Waals surface area contributed by atoms with Crippen molar-refractivity contribution in [1.29, 1.82) is 0 Å². The first-order valence-corrected chi connectivity index (χ1v) is 6.33. The van der Waals surface area contributed by atoms with Gasteiger partial charge < -0.3 is 4.90 Å². The molecule has 0 fully saturated rings. The predicted molar refractivity (Wildman–Crippen MR) is 65.4 cm³/mol. The molecule has 2 heterocycles. The zero-order valence-corrected chi connectivity index (χ0v) is 11.0. The maximum absolute atomic E-state index is 5.69. The molecule has 0 aliphatic carbocycles. The van der Waals surface area contributed by atoms with Gasteiger partial charge in [0.1, 0.15) is 5.03 Å². The number of hydrogen-bond acceptors (Lipinski definition) is 7. The highest BCUT2D eigenvalue weighted by Gasteiger charge is 2.08. The Morgan fingerprint density at radius 3 is 2.81 bits per heavy atom. The molecule has 0 aliphatic heterocycles. The van der Waals surface area contributed by atoms with E-state index in [0.717, 1.165) is 14.5 Å². The average molecular weight is 274 g/mol. The molecule has 0 radical (unpaired) electrons. The van der Waals surface area contributed by atoms with E-state index in [1.807, 2.05) is 19.0 Å². The molecule has 0 saturated heterocycles. The maximum atomic E-state index is 5.69. The molecule has 0 amide bonds. The molecule has 0 N–H and O–H groups in total. The predicted octanol–water partition coefficient (Wildman–Crippen LogP) is 2.20. The Morgan fingerprint density at radius 2 is 2.19 bits per heavy atom. The highest BCUT2D eigenvalue weighted by Crippen LogP contribution is 2.31. The molecule has 2 rings (SSSR count). The zero-order valence-electron chi connectivity index (χ0n) is 8.59. The fraction of sp³-hybridized carbons (Fsp3) is 0.250. The van der Waals surface area contributed by atoms with E-state index in [1.54, 1.807) is 12.3 Å². The van der Waals surface area contributed by atoms with Crippen molar-refractivity contribution in [2.24, 2.45) is 0 Å². The van der Waals surface area contributed by atoms with Gasteiger partial charge in [0.25, 0.3) is 0 Å². The van der Waals surface area contributed by atoms with Gasteiger partial charge in [0.2, 0.25) is 10.4 Å². The minimum Gasteiger partial charge on any atom is -0.353 e. The summed E-state index contributed by atoms with van der Waals surface area (Å²) in [4.78, 5) is 9.79. The van der Waals surface area contributed by atoms with Crippen molar-refractivity contribution < 1.29 is 0 Å². The Balaban J connectivity index is 2.14. The summed E-state index contributed by atoms with van der Waals surface area (Å²) in [6.45, 7) is 0. The van der Waals surface area contributed by atoms with Crippen LogP contribution in [0.25, 0.3) is 0 Å². The standard InChI is InChI=1S/C8H8ClN5S2/c1-14(2)7-12-13-8(16-7)15-5-3-4-10-6(9)11-5/h3-4H,1-2H3. The number of halogens is 1. The average Bonchev–Trinajstić information content (AvgIpc) is 2.66. The van der Waals surface area contributed by atoms with Gasteiger partial charge in [0.05, 0.1) is 0 Å². The van der Waals surface area contributed by atoms with Crippen LogP contribution in [0.3, 0.4) is 0 Å². The van der Waals surface area contributed by atoms with Crippen LogP contribution < -0.4 is 4.90 Å². The van der Waals surface area contributed by atoms with Crippen molar-refractivity contribution >= 4 is 39.8 Å². The van der Waals surface area contributed by atoms with Crippen LogP contribution in [0, 0.1) is 0 Å². The Morgan fingerprint density at radius 1 is 1.38 bits per heavy atom. The van der Waals surface area contributed by atoms with Crippen molar-refractivity contribution in [3.8, 4) is 0 Å². The quantitative estimate of drug-likeness (QED) is 0.631. The zero-order chi connectivity index (χ0) is 11.5. The first-order chi connectivity index (χ1) is 7.65. The topological polar surface area (TPSA) is 54.8 Å². The van der Waals surface area contributed by atoms with Crippen LogP contribution in [0.1, 0.15) is 0 Å². The smallest absolute Gasteiger partial charge is 0.223 e. The van der Waals surface area contributed by atoms with Gasteiger partial charge in [-0.05, 0) is 29.4 Å². The first-order valence-electron chi connectivity index (χ1n) is 4.32. The van der Waals surface area contributed by atoms with E-state index in [0.29, 0.717) is 0 Å². The number of nitrogens with zero attached hydrogens (tertiary/aromatic N) is 5. The van der Waals surface area contributed by atoms with Gasteiger partial charge in [-0.15, -0.1) is 10.2 Å². The second-order valence-corrected chi connectivity index (χ2v) is 5.57. The van der Waals surface area contributed by atoms with Crippen LogP contribution in [-0.4, -0.2) is 34.3 Å². The lowest BCUT2D eigenvalue weighted by Crippen LogP contribution is -2.07. The molecule has 84 valence electrons. The van der Waals surface area contributed by atoms with Crippen LogP contribution >= 0.6 is 34.7 Å². The Bertz CT molecular complexity index is 487. The van der Waals surface area contributed by atoms with Gasteiger partial charge >= 0.3 is 0 Å². The summed E-state index contributed by atoms with van der Waals surface area (Å²) in [6, 6.07) is 1.78. The molecule has 0 bridgehead atoms. The van der Waals surface area contributed by atoms with Crippen LogP contribution in [0.2, 0.25) is 5.28 Å². The van der Waals surface area contributed by atoms with E-state index in [-0.39, 0.29) is 5.28 Å². The second-order valence-electron chi connectivity index (χ2n) is 3.01. The molecule has 8 heteroatoms. The summed E-state index contributed by atoms with van der Waals surface area (Å²) in [7, 11) is 3.85. The highest BCUT2D eigenvalue weighted by atomic mass is 35.5. The van der Waals surface area contributed by atoms with Crippen molar-refractivity contribution in [2.45, 2.75) is 9.37 Å². The Hall–Kier alpha value is -0.920. The second kappa shape index (κ2) is 4.94. The summed E-state index contributed by atoms with van der Waals surface area (Å²) < 4.78 is 0.832. The van der Waals surface area contributed by atoms with Gasteiger partial charge in [0.15, 0.2) is 4.34 Å². The summed E-state index contributed by atoms with van der Waals surface area (Å²) in [6.07, 6.45) is 1.62. The van der Waals surface area contributed by atoms with Gasteiger partial charge in [0, 0.05) is 20.3 Å². The third-order valence-corrected chi connectivity index (χ3v) is 3.83. The van der Waals surface area contributed by atoms with Crippen molar-refractivity contribution in [3.63, 3.8) is 0 Å². The normalized spacial score (nSPS) is 10.4. The fourth-order valence-electron chi connectivity index (χ4n) is 0.890. The van der Waals surface area contributed by atoms with E-state index in [4.69, 9.17) is 11.6 Å². The minimum absolute atomic E-state index is 0.238. The molecule has 0 atom stereocenters. The molecular formula is C8H8ClN5S2. The van der Waals surface area contributed by atoms with E-state index >= 15 is 0 Å². The van der Waals surface area contributed by atoms with E-state index < -0.39 is 0 Å². The van der Waals surface area contributed by atoms with Gasteiger partial charge in [-0.3, -0.25) is 0 Å². The van der Waals surface area contributed by atoms with Crippen LogP contribution in [0.4, 0.5) is 5.13 Å². The highest BCUT2D eigenvalue weighted by molar-refractivity contribution is 8.01. The fourth-order valence-corrected chi connectivity index (χ4v) is 2.76. The Kier molecular flexibility index (Phi) is 3.57. The van der Waals surface area contributed by atoms with E-state index in [1.165, 1.54) is 23.1 Å². The maximum Gasteiger partial charge on any atom is 0.223 e. The molecule has 0 unspecified atom stereocenters. The third-order valence-electron chi connectivity index (χ3n) is 1.57. The third kappa shape index (κ3) is 2.81. The SMILES string of the molecule is CN(C)c1nnc(Sc2ccnc(Cl)n2)s1. The first kappa shape index (κ1) is 11.6. The van der Waals surface area contributed by atoms with Crippen molar-refractivity contribution in [1.82, 2.24) is 20.2 Å². The number of anilines is 1. The molecule has 5 nitrogen and oxygen atoms in total. The van der Waals surface area contributed by atoms with E-state index in [9.17, 15) is 0 Å². The molecule has 16 heavy (non-hydrogen) atoms. The van der Waals surface area contributed by atoms with Gasteiger partial charge in [-0.1, -0.05) is 11.3 Å². The van der Waals surface area contributed by atoms with E-state index in [2.05, 4.69) is 20.2 Å². The number of rotatable bonds is 3. The van der Waals surface area contributed by atoms with Crippen LogP contribution in [-0.2, 0) is 0 Å². The largest absolute Gasteiger partial charge is 0.353 e. The van der Waals surface area contributed by atoms with Crippen LogP contribution in [0.5, 0.6) is 0 Å². The minimum atomic E-state index is 0.238. The lowest BCUT2D eigenvalue weighted by Gasteiger charge is -2.03. The molecule has 2 aromatic rings. The van der Waals surface area contributed by atoms with Gasteiger partial charge in [-0.2, -0.15) is 0 Å². The molecule has 0 aliphatic rings. The van der Waals surface area contributed by atoms with Crippen molar-refractivity contribution in [2.75, 3.05) is 19.0 Å². The molecule has 0 aromatic carbocycles. The van der Waals surface area contributed by atoms with Gasteiger partial charge in [-0.25, -0.2) is 9.97 Å². The summed E-state index contributed by atoms with van der Waals surface area (Å²) in [5.74, 6) is 0. The number of aromatic nitrogens is 4. The summed E-state index contributed by atoms with van der Waals surface area (Å²) >= 11 is 8.62. The number of hydrogen-bond donors (Lipinski definition) is 0. The lowest BCUT2D eigenvalue weighted by atomic mass is 10.7. The Labute approximate surface area is 106 Å². The molecule has 0 spiro atoms. The van der Waals surface area contributed by atoms with Crippen molar-refractivity contribution in [3.05, 3.63) is 17.5 Å². The molecule has 0 saturated carbocycles. The summed E-state index contributed by atoms with van der Waals surface area (Å²) in [5, 5.41) is 9.95. The lowest BCUT2D eigenvalue weighted by molar-refractivity contribution is 0.968. The molecular weight excluding hydrogens is 266 g/mol. The monoisotopic (exact) mass is 273 g/mol. The molecule has 2 aromatic heterocycles.